The molecule has 0 saturated heterocycles. The predicted octanol–water partition coefficient (Wildman–Crippen LogP) is 7.58. The van der Waals surface area contributed by atoms with E-state index in [4.69, 9.17) is 0 Å². The Kier molecular flexibility index (Phi) is 3.39. The van der Waals surface area contributed by atoms with Gasteiger partial charge in [0.15, 0.2) is 0 Å². The summed E-state index contributed by atoms with van der Waals surface area (Å²) in [5.74, 6) is 0. The van der Waals surface area contributed by atoms with Gasteiger partial charge in [0.1, 0.15) is 0 Å². The summed E-state index contributed by atoms with van der Waals surface area (Å²) in [7, 11) is 0. The maximum absolute atomic E-state index is 3.66. The van der Waals surface area contributed by atoms with Crippen molar-refractivity contribution in [3.8, 4) is 22.3 Å². The molecule has 0 nitrogen and oxygen atoms in total. The summed E-state index contributed by atoms with van der Waals surface area (Å²) in [5, 5.41) is 2.67. The molecule has 0 spiro atoms. The summed E-state index contributed by atoms with van der Waals surface area (Å²) in [4.78, 5) is 0. The van der Waals surface area contributed by atoms with Gasteiger partial charge in [-0.2, -0.15) is 0 Å². The van der Waals surface area contributed by atoms with E-state index in [0.717, 1.165) is 4.47 Å². The number of hydrogen-bond acceptors (Lipinski definition) is 0. The standard InChI is InChI=1S/C25H19Br/c1-25(2)22-14-17(26)12-13-20(22)24-19-11-7-6-10-18(19)21(15-23(24)25)16-8-4-3-5-9-16/h3-15H,1-2H3. The molecule has 0 N–H and O–H groups in total. The van der Waals surface area contributed by atoms with Crippen molar-refractivity contribution in [1.29, 1.82) is 0 Å². The molecule has 126 valence electrons. The Balaban J connectivity index is 1.94. The quantitative estimate of drug-likeness (QED) is 0.310. The van der Waals surface area contributed by atoms with Gasteiger partial charge in [-0.05, 0) is 62.4 Å². The zero-order valence-corrected chi connectivity index (χ0v) is 16.5. The Morgan fingerprint density at radius 1 is 0.654 bits per heavy atom. The molecule has 4 aromatic rings. The lowest BCUT2D eigenvalue weighted by molar-refractivity contribution is 0.660. The molecule has 4 aromatic carbocycles. The summed E-state index contributed by atoms with van der Waals surface area (Å²) < 4.78 is 1.14. The third-order valence-corrected chi connectivity index (χ3v) is 6.22. The first-order valence-corrected chi connectivity index (χ1v) is 9.79. The molecule has 0 heterocycles. The molecule has 0 amide bonds. The molecule has 1 heteroatoms. The zero-order chi connectivity index (χ0) is 17.9. The molecule has 0 unspecified atom stereocenters. The van der Waals surface area contributed by atoms with Crippen LogP contribution in [0.4, 0.5) is 0 Å². The molecule has 0 radical (unpaired) electrons. The van der Waals surface area contributed by atoms with Gasteiger partial charge in [-0.3, -0.25) is 0 Å². The lowest BCUT2D eigenvalue weighted by Crippen LogP contribution is -2.15. The van der Waals surface area contributed by atoms with Crippen LogP contribution in [0.15, 0.2) is 83.3 Å². The van der Waals surface area contributed by atoms with Gasteiger partial charge >= 0.3 is 0 Å². The van der Waals surface area contributed by atoms with Crippen LogP contribution in [0.3, 0.4) is 0 Å². The van der Waals surface area contributed by atoms with Crippen LogP contribution in [-0.4, -0.2) is 0 Å². The van der Waals surface area contributed by atoms with Crippen molar-refractivity contribution >= 4 is 26.7 Å². The van der Waals surface area contributed by atoms with Gasteiger partial charge in [0.25, 0.3) is 0 Å². The Morgan fingerprint density at radius 2 is 1.35 bits per heavy atom. The highest BCUT2D eigenvalue weighted by Gasteiger charge is 2.37. The molecule has 0 bridgehead atoms. The van der Waals surface area contributed by atoms with E-state index in [1.54, 1.807) is 0 Å². The maximum atomic E-state index is 3.66. The first-order valence-electron chi connectivity index (χ1n) is 8.99. The third kappa shape index (κ3) is 2.13. The Morgan fingerprint density at radius 3 is 2.12 bits per heavy atom. The fourth-order valence-corrected chi connectivity index (χ4v) is 4.77. The highest BCUT2D eigenvalue weighted by molar-refractivity contribution is 9.10. The smallest absolute Gasteiger partial charge is 0.0178 e. The predicted molar refractivity (Wildman–Crippen MR) is 115 cm³/mol. The van der Waals surface area contributed by atoms with Crippen LogP contribution in [0, 0.1) is 0 Å². The van der Waals surface area contributed by atoms with Crippen LogP contribution < -0.4 is 0 Å². The molecule has 0 saturated carbocycles. The first kappa shape index (κ1) is 15.8. The van der Waals surface area contributed by atoms with E-state index < -0.39 is 0 Å². The van der Waals surface area contributed by atoms with Crippen LogP contribution in [0.5, 0.6) is 0 Å². The summed E-state index contributed by atoms with van der Waals surface area (Å²) in [6, 6.07) is 28.7. The van der Waals surface area contributed by atoms with Gasteiger partial charge in [-0.25, -0.2) is 0 Å². The minimum absolute atomic E-state index is 0.0119. The Labute approximate surface area is 162 Å². The summed E-state index contributed by atoms with van der Waals surface area (Å²) in [5.41, 5.74) is 8.17. The van der Waals surface area contributed by atoms with Crippen molar-refractivity contribution in [2.75, 3.05) is 0 Å². The fraction of sp³-hybridized carbons (Fsp3) is 0.120. The van der Waals surface area contributed by atoms with E-state index in [1.807, 2.05) is 0 Å². The van der Waals surface area contributed by atoms with Gasteiger partial charge in [0, 0.05) is 9.89 Å². The molecule has 0 aromatic heterocycles. The fourth-order valence-electron chi connectivity index (χ4n) is 4.41. The van der Waals surface area contributed by atoms with Gasteiger partial charge in [0.2, 0.25) is 0 Å². The molecule has 26 heavy (non-hydrogen) atoms. The van der Waals surface area contributed by atoms with Crippen LogP contribution >= 0.6 is 15.9 Å². The maximum Gasteiger partial charge on any atom is 0.0178 e. The third-order valence-electron chi connectivity index (χ3n) is 5.73. The first-order chi connectivity index (χ1) is 12.6. The average molecular weight is 399 g/mol. The van der Waals surface area contributed by atoms with Crippen molar-refractivity contribution in [1.82, 2.24) is 0 Å². The second-order valence-electron chi connectivity index (χ2n) is 7.57. The van der Waals surface area contributed by atoms with E-state index >= 15 is 0 Å². The van der Waals surface area contributed by atoms with E-state index in [2.05, 4.69) is 109 Å². The second-order valence-corrected chi connectivity index (χ2v) is 8.49. The monoisotopic (exact) mass is 398 g/mol. The largest absolute Gasteiger partial charge is 0.0622 e. The zero-order valence-electron chi connectivity index (χ0n) is 14.9. The molecule has 0 atom stereocenters. The summed E-state index contributed by atoms with van der Waals surface area (Å²) >= 11 is 3.66. The minimum Gasteiger partial charge on any atom is -0.0622 e. The van der Waals surface area contributed by atoms with E-state index in [9.17, 15) is 0 Å². The normalized spacial score (nSPS) is 14.3. The van der Waals surface area contributed by atoms with Crippen molar-refractivity contribution in [3.05, 3.63) is 94.5 Å². The van der Waals surface area contributed by atoms with E-state index in [1.165, 1.54) is 44.2 Å². The van der Waals surface area contributed by atoms with Crippen molar-refractivity contribution in [3.63, 3.8) is 0 Å². The van der Waals surface area contributed by atoms with Gasteiger partial charge in [-0.1, -0.05) is 90.4 Å². The van der Waals surface area contributed by atoms with Gasteiger partial charge < -0.3 is 0 Å². The van der Waals surface area contributed by atoms with E-state index in [0.29, 0.717) is 0 Å². The second kappa shape index (κ2) is 5.56. The SMILES string of the molecule is CC1(C)c2cc(Br)ccc2-c2c1cc(-c1ccccc1)c1ccccc21. The molecule has 0 aliphatic heterocycles. The molecular formula is C25H19Br. The number of fused-ring (bicyclic) bond motifs is 5. The van der Waals surface area contributed by atoms with Crippen molar-refractivity contribution in [2.45, 2.75) is 19.3 Å². The van der Waals surface area contributed by atoms with Crippen molar-refractivity contribution < 1.29 is 0 Å². The molecule has 0 fully saturated rings. The Bertz CT molecular complexity index is 1150. The van der Waals surface area contributed by atoms with Crippen LogP contribution in [-0.2, 0) is 5.41 Å². The number of hydrogen-bond donors (Lipinski definition) is 0. The Hall–Kier alpha value is -2.38. The lowest BCUT2D eigenvalue weighted by atomic mass is 9.80. The topological polar surface area (TPSA) is 0 Å². The van der Waals surface area contributed by atoms with Gasteiger partial charge in [0.05, 0.1) is 0 Å². The molecular weight excluding hydrogens is 380 g/mol. The number of benzene rings is 4. The molecule has 1 aliphatic carbocycles. The van der Waals surface area contributed by atoms with E-state index in [-0.39, 0.29) is 5.41 Å². The highest BCUT2D eigenvalue weighted by Crippen LogP contribution is 2.53. The highest BCUT2D eigenvalue weighted by atomic mass is 79.9. The number of halogens is 1. The van der Waals surface area contributed by atoms with Crippen LogP contribution in [0.25, 0.3) is 33.0 Å². The molecule has 5 rings (SSSR count). The van der Waals surface area contributed by atoms with Gasteiger partial charge in [-0.15, -0.1) is 0 Å². The number of rotatable bonds is 1. The van der Waals surface area contributed by atoms with Crippen LogP contribution in [0.1, 0.15) is 25.0 Å². The summed E-state index contributed by atoms with van der Waals surface area (Å²) in [6.07, 6.45) is 0. The van der Waals surface area contributed by atoms with Crippen molar-refractivity contribution in [2.24, 2.45) is 0 Å². The molecule has 1 aliphatic rings. The summed E-state index contributed by atoms with van der Waals surface area (Å²) in [6.45, 7) is 4.68. The lowest BCUT2D eigenvalue weighted by Gasteiger charge is -2.23. The minimum atomic E-state index is -0.0119. The average Bonchev–Trinajstić information content (AvgIpc) is 2.89. The van der Waals surface area contributed by atoms with Crippen LogP contribution in [0.2, 0.25) is 0 Å².